The van der Waals surface area contributed by atoms with E-state index in [9.17, 15) is 9.18 Å². The Morgan fingerprint density at radius 2 is 1.86 bits per heavy atom. The highest BCUT2D eigenvalue weighted by atomic mass is 32.1. The van der Waals surface area contributed by atoms with Crippen LogP contribution >= 0.6 is 11.3 Å². The molecule has 0 fully saturated rings. The van der Waals surface area contributed by atoms with E-state index in [1.807, 2.05) is 42.5 Å². The summed E-state index contributed by atoms with van der Waals surface area (Å²) in [4.78, 5) is 19.3. The molecule has 0 spiro atoms. The number of amides is 1. The molecule has 0 saturated carbocycles. The van der Waals surface area contributed by atoms with Gasteiger partial charge in [-0.3, -0.25) is 9.69 Å². The molecule has 1 heterocycles. The Hall–Kier alpha value is -3.51. The molecule has 0 saturated heterocycles. The van der Waals surface area contributed by atoms with Crippen molar-refractivity contribution in [2.45, 2.75) is 0 Å². The molecule has 6 heteroatoms. The van der Waals surface area contributed by atoms with Gasteiger partial charge in [0.05, 0.1) is 23.0 Å². The lowest BCUT2D eigenvalue weighted by molar-refractivity contribution is -0.113. The number of fused-ring (bicyclic) bond motifs is 1. The van der Waals surface area contributed by atoms with E-state index in [0.717, 1.165) is 15.8 Å². The molecule has 0 atom stereocenters. The number of rotatable bonds is 5. The van der Waals surface area contributed by atoms with Crippen LogP contribution in [0.2, 0.25) is 0 Å². The fourth-order valence-electron chi connectivity index (χ4n) is 2.85. The molecule has 0 aliphatic heterocycles. The van der Waals surface area contributed by atoms with E-state index in [0.29, 0.717) is 16.6 Å². The monoisotopic (exact) mass is 404 g/mol. The Kier molecular flexibility index (Phi) is 5.35. The number of anilines is 2. The topological polar surface area (TPSA) is 42.4 Å². The maximum absolute atomic E-state index is 13.2. The summed E-state index contributed by atoms with van der Waals surface area (Å²) in [5.74, 6) is 0.0616. The number of ether oxygens (including phenoxy) is 1. The molecule has 4 nitrogen and oxygen atoms in total. The summed E-state index contributed by atoms with van der Waals surface area (Å²) in [5.41, 5.74) is 2.21. The number of methoxy groups -OCH3 is 1. The van der Waals surface area contributed by atoms with Crippen LogP contribution in [0.15, 0.2) is 78.9 Å². The molecule has 4 aromatic rings. The summed E-state index contributed by atoms with van der Waals surface area (Å²) >= 11 is 1.44. The van der Waals surface area contributed by atoms with Crippen LogP contribution in [0.3, 0.4) is 0 Å². The number of benzene rings is 3. The van der Waals surface area contributed by atoms with Gasteiger partial charge in [0.2, 0.25) is 0 Å². The molecular weight excluding hydrogens is 387 g/mol. The fourth-order valence-corrected chi connectivity index (χ4v) is 3.85. The molecule has 0 bridgehead atoms. The number of carbonyl (C=O) groups excluding carboxylic acids is 1. The van der Waals surface area contributed by atoms with Gasteiger partial charge in [-0.2, -0.15) is 0 Å². The van der Waals surface area contributed by atoms with Crippen LogP contribution in [0.5, 0.6) is 5.75 Å². The molecule has 1 aromatic heterocycles. The van der Waals surface area contributed by atoms with Crippen LogP contribution in [0.4, 0.5) is 15.2 Å². The van der Waals surface area contributed by atoms with Gasteiger partial charge in [-0.15, -0.1) is 0 Å². The third-order valence-electron chi connectivity index (χ3n) is 4.29. The number of aromatic nitrogens is 1. The summed E-state index contributed by atoms with van der Waals surface area (Å²) in [7, 11) is 1.58. The molecule has 29 heavy (non-hydrogen) atoms. The van der Waals surface area contributed by atoms with Crippen molar-refractivity contribution in [1.82, 2.24) is 4.98 Å². The first-order chi connectivity index (χ1) is 14.1. The largest absolute Gasteiger partial charge is 0.497 e. The summed E-state index contributed by atoms with van der Waals surface area (Å²) in [5, 5.41) is 0.563. The lowest BCUT2D eigenvalue weighted by atomic mass is 10.2. The number of halogens is 1. The maximum Gasteiger partial charge on any atom is 0.257 e. The number of nitrogens with zero attached hydrogens (tertiary/aromatic N) is 2. The Balaban J connectivity index is 1.74. The molecule has 0 aliphatic carbocycles. The van der Waals surface area contributed by atoms with Crippen molar-refractivity contribution >= 4 is 44.4 Å². The SMILES string of the molecule is COc1cccc(N(C(=O)C=Cc2ccc(F)cc2)c2nc3ccccc3s2)c1. The highest BCUT2D eigenvalue weighted by molar-refractivity contribution is 7.22. The van der Waals surface area contributed by atoms with E-state index < -0.39 is 0 Å². The average Bonchev–Trinajstić information content (AvgIpc) is 3.17. The van der Waals surface area contributed by atoms with Crippen LogP contribution in [-0.4, -0.2) is 18.0 Å². The minimum atomic E-state index is -0.319. The standard InChI is InChI=1S/C23H17FN2O2S/c1-28-19-6-4-5-18(15-19)26(23-25-20-7-2-3-8-21(20)29-23)22(27)14-11-16-9-12-17(24)13-10-16/h2-15H,1H3. The summed E-state index contributed by atoms with van der Waals surface area (Å²) in [6.07, 6.45) is 3.11. The predicted octanol–water partition coefficient (Wildman–Crippen LogP) is 5.82. The number of hydrogen-bond donors (Lipinski definition) is 0. The molecule has 144 valence electrons. The first-order valence-corrected chi connectivity index (χ1v) is 9.73. The van der Waals surface area contributed by atoms with Crippen LogP contribution in [-0.2, 0) is 4.79 Å². The van der Waals surface area contributed by atoms with Gasteiger partial charge in [0, 0.05) is 12.1 Å². The quantitative estimate of drug-likeness (QED) is 0.394. The minimum Gasteiger partial charge on any atom is -0.497 e. The van der Waals surface area contributed by atoms with E-state index in [1.54, 1.807) is 36.3 Å². The lowest BCUT2D eigenvalue weighted by Crippen LogP contribution is -2.23. The van der Waals surface area contributed by atoms with E-state index in [1.165, 1.54) is 29.5 Å². The van der Waals surface area contributed by atoms with Crippen molar-refractivity contribution in [3.8, 4) is 5.75 Å². The Labute approximate surface area is 171 Å². The van der Waals surface area contributed by atoms with Crippen LogP contribution in [0, 0.1) is 5.82 Å². The van der Waals surface area contributed by atoms with Gasteiger partial charge in [0.15, 0.2) is 5.13 Å². The van der Waals surface area contributed by atoms with Gasteiger partial charge in [0.25, 0.3) is 5.91 Å². The zero-order valence-electron chi connectivity index (χ0n) is 15.6. The number of para-hydroxylation sites is 1. The first kappa shape index (κ1) is 18.8. The van der Waals surface area contributed by atoms with Crippen LogP contribution in [0.1, 0.15) is 5.56 Å². The Morgan fingerprint density at radius 1 is 1.07 bits per heavy atom. The average molecular weight is 404 g/mol. The van der Waals surface area contributed by atoms with Crippen molar-refractivity contribution < 1.29 is 13.9 Å². The van der Waals surface area contributed by atoms with Crippen molar-refractivity contribution in [3.63, 3.8) is 0 Å². The Morgan fingerprint density at radius 3 is 2.62 bits per heavy atom. The van der Waals surface area contributed by atoms with E-state index in [-0.39, 0.29) is 11.7 Å². The highest BCUT2D eigenvalue weighted by Gasteiger charge is 2.20. The normalized spacial score (nSPS) is 11.1. The van der Waals surface area contributed by atoms with Gasteiger partial charge in [-0.05, 0) is 48.0 Å². The summed E-state index contributed by atoms with van der Waals surface area (Å²) < 4.78 is 19.4. The number of carbonyl (C=O) groups is 1. The van der Waals surface area contributed by atoms with E-state index in [4.69, 9.17) is 4.74 Å². The highest BCUT2D eigenvalue weighted by Crippen LogP contribution is 2.35. The second kappa shape index (κ2) is 8.24. The smallest absolute Gasteiger partial charge is 0.257 e. The second-order valence-electron chi connectivity index (χ2n) is 6.22. The van der Waals surface area contributed by atoms with Gasteiger partial charge >= 0.3 is 0 Å². The van der Waals surface area contributed by atoms with Crippen molar-refractivity contribution in [1.29, 1.82) is 0 Å². The third-order valence-corrected chi connectivity index (χ3v) is 5.32. The maximum atomic E-state index is 13.2. The lowest BCUT2D eigenvalue weighted by Gasteiger charge is -2.19. The van der Waals surface area contributed by atoms with Crippen LogP contribution in [0.25, 0.3) is 16.3 Å². The van der Waals surface area contributed by atoms with E-state index >= 15 is 0 Å². The fraction of sp³-hybridized carbons (Fsp3) is 0.0435. The molecule has 0 N–H and O–H groups in total. The van der Waals surface area contributed by atoms with Crippen molar-refractivity contribution in [2.75, 3.05) is 12.0 Å². The zero-order valence-corrected chi connectivity index (χ0v) is 16.4. The molecule has 0 radical (unpaired) electrons. The minimum absolute atomic E-state index is 0.262. The van der Waals surface area contributed by atoms with Gasteiger partial charge in [-0.1, -0.05) is 41.7 Å². The first-order valence-electron chi connectivity index (χ1n) is 8.91. The zero-order chi connectivity index (χ0) is 20.2. The van der Waals surface area contributed by atoms with Gasteiger partial charge < -0.3 is 4.74 Å². The number of hydrogen-bond acceptors (Lipinski definition) is 4. The number of thiazole rings is 1. The van der Waals surface area contributed by atoms with Gasteiger partial charge in [0.1, 0.15) is 11.6 Å². The molecule has 1 amide bonds. The molecule has 0 aliphatic rings. The molecule has 3 aromatic carbocycles. The summed E-state index contributed by atoms with van der Waals surface area (Å²) in [6.45, 7) is 0. The molecule has 4 rings (SSSR count). The van der Waals surface area contributed by atoms with E-state index in [2.05, 4.69) is 4.98 Å². The molecule has 0 unspecified atom stereocenters. The summed E-state index contributed by atoms with van der Waals surface area (Å²) in [6, 6.07) is 21.0. The van der Waals surface area contributed by atoms with Crippen molar-refractivity contribution in [2.24, 2.45) is 0 Å². The van der Waals surface area contributed by atoms with Crippen molar-refractivity contribution in [3.05, 3.63) is 90.3 Å². The second-order valence-corrected chi connectivity index (χ2v) is 7.23. The van der Waals surface area contributed by atoms with Crippen LogP contribution < -0.4 is 9.64 Å². The third kappa shape index (κ3) is 4.17. The predicted molar refractivity (Wildman–Crippen MR) is 115 cm³/mol. The molecular formula is C23H17FN2O2S. The van der Waals surface area contributed by atoms with Gasteiger partial charge in [-0.25, -0.2) is 9.37 Å². The Bertz CT molecular complexity index is 1150.